The maximum Gasteiger partial charge on any atom is 0.319 e. The molecule has 2 amide bonds. The van der Waals surface area contributed by atoms with Gasteiger partial charge >= 0.3 is 6.03 Å². The van der Waals surface area contributed by atoms with Gasteiger partial charge in [0.2, 0.25) is 0 Å². The second-order valence-electron chi connectivity index (χ2n) is 4.60. The smallest absolute Gasteiger partial charge is 0.319 e. The highest BCUT2D eigenvalue weighted by atomic mass is 16.5. The van der Waals surface area contributed by atoms with Crippen molar-refractivity contribution in [2.45, 2.75) is 18.9 Å². The number of hydrogen-bond acceptors (Lipinski definition) is 3. The van der Waals surface area contributed by atoms with Crippen LogP contribution >= 0.6 is 0 Å². The third-order valence-electron chi connectivity index (χ3n) is 2.97. The molecule has 0 spiro atoms. The Kier molecular flexibility index (Phi) is 5.43. The van der Waals surface area contributed by atoms with Gasteiger partial charge in [0.1, 0.15) is 12.4 Å². The van der Waals surface area contributed by atoms with Crippen molar-refractivity contribution in [3.05, 3.63) is 36.9 Å². The average Bonchev–Trinajstić information content (AvgIpc) is 2.97. The van der Waals surface area contributed by atoms with E-state index < -0.39 is 0 Å². The van der Waals surface area contributed by atoms with Crippen LogP contribution < -0.4 is 15.4 Å². The van der Waals surface area contributed by atoms with Crippen LogP contribution in [0.15, 0.2) is 36.9 Å². The van der Waals surface area contributed by atoms with Crippen molar-refractivity contribution in [3.8, 4) is 5.75 Å². The van der Waals surface area contributed by atoms with Crippen molar-refractivity contribution in [2.75, 3.05) is 25.1 Å². The van der Waals surface area contributed by atoms with E-state index in [1.807, 2.05) is 18.2 Å². The third-order valence-corrected chi connectivity index (χ3v) is 2.97. The summed E-state index contributed by atoms with van der Waals surface area (Å²) in [7, 11) is 0. The molecule has 5 nitrogen and oxygen atoms in total. The lowest BCUT2D eigenvalue weighted by Gasteiger charge is -2.12. The van der Waals surface area contributed by atoms with Gasteiger partial charge < -0.3 is 20.1 Å². The minimum Gasteiger partial charge on any atom is -0.489 e. The molecule has 1 aromatic carbocycles. The number of carbonyl (C=O) groups excluding carboxylic acids is 1. The molecule has 1 unspecified atom stereocenters. The predicted octanol–water partition coefficient (Wildman–Crippen LogP) is 2.55. The lowest BCUT2D eigenvalue weighted by molar-refractivity contribution is 0.112. The van der Waals surface area contributed by atoms with Crippen LogP contribution in [0.4, 0.5) is 10.5 Å². The van der Waals surface area contributed by atoms with Crippen molar-refractivity contribution in [1.82, 2.24) is 5.32 Å². The molecule has 20 heavy (non-hydrogen) atoms. The summed E-state index contributed by atoms with van der Waals surface area (Å²) in [5, 5.41) is 5.57. The molecule has 1 fully saturated rings. The molecule has 108 valence electrons. The molecule has 1 saturated heterocycles. The van der Waals surface area contributed by atoms with Crippen LogP contribution in [0.3, 0.4) is 0 Å². The molecule has 1 atom stereocenters. The average molecular weight is 276 g/mol. The maximum atomic E-state index is 11.8. The van der Waals surface area contributed by atoms with Crippen molar-refractivity contribution in [2.24, 2.45) is 0 Å². The van der Waals surface area contributed by atoms with Gasteiger partial charge in [-0.15, -0.1) is 0 Å². The fraction of sp³-hybridized carbons (Fsp3) is 0.400. The molecule has 0 radical (unpaired) electrons. The van der Waals surface area contributed by atoms with E-state index in [1.54, 1.807) is 12.1 Å². The van der Waals surface area contributed by atoms with Crippen LogP contribution in [0, 0.1) is 0 Å². The number of carbonyl (C=O) groups is 1. The number of anilines is 1. The standard InChI is InChI=1S/C15H20N2O3/c1-2-8-19-13-6-3-5-12(10-13)17-15(18)16-11-14-7-4-9-20-14/h2-3,5-6,10,14H,1,4,7-9,11H2,(H2,16,17,18). The van der Waals surface area contributed by atoms with Crippen molar-refractivity contribution in [3.63, 3.8) is 0 Å². The third kappa shape index (κ3) is 4.59. The first-order valence-corrected chi connectivity index (χ1v) is 6.78. The fourth-order valence-electron chi connectivity index (χ4n) is 2.01. The number of benzene rings is 1. The quantitative estimate of drug-likeness (QED) is 0.785. The normalized spacial score (nSPS) is 17.5. The van der Waals surface area contributed by atoms with Crippen LogP contribution in [0.25, 0.3) is 0 Å². The lowest BCUT2D eigenvalue weighted by atomic mass is 10.2. The van der Waals surface area contributed by atoms with Crippen LogP contribution in [0.5, 0.6) is 5.75 Å². The summed E-state index contributed by atoms with van der Waals surface area (Å²) in [4.78, 5) is 11.8. The van der Waals surface area contributed by atoms with E-state index in [-0.39, 0.29) is 12.1 Å². The SMILES string of the molecule is C=CCOc1cccc(NC(=O)NCC2CCCO2)c1. The molecule has 1 aliphatic heterocycles. The van der Waals surface area contributed by atoms with Gasteiger partial charge in [0.15, 0.2) is 0 Å². The van der Waals surface area contributed by atoms with Crippen molar-refractivity contribution in [1.29, 1.82) is 0 Å². The van der Waals surface area contributed by atoms with E-state index in [0.717, 1.165) is 19.4 Å². The Morgan fingerprint density at radius 2 is 2.45 bits per heavy atom. The van der Waals surface area contributed by atoms with E-state index in [2.05, 4.69) is 17.2 Å². The Balaban J connectivity index is 1.79. The summed E-state index contributed by atoms with van der Waals surface area (Å²) < 4.78 is 10.9. The van der Waals surface area contributed by atoms with E-state index in [9.17, 15) is 4.79 Å². The zero-order valence-corrected chi connectivity index (χ0v) is 11.4. The molecule has 1 aromatic rings. The monoisotopic (exact) mass is 276 g/mol. The summed E-state index contributed by atoms with van der Waals surface area (Å²) in [6.07, 6.45) is 3.89. The number of ether oxygens (including phenoxy) is 2. The Morgan fingerprint density at radius 3 is 3.20 bits per heavy atom. The molecule has 0 aliphatic carbocycles. The summed E-state index contributed by atoms with van der Waals surface area (Å²) in [6.45, 7) is 5.36. The van der Waals surface area contributed by atoms with Gasteiger partial charge in [0, 0.05) is 24.9 Å². The highest BCUT2D eigenvalue weighted by Gasteiger charge is 2.16. The number of urea groups is 1. The van der Waals surface area contributed by atoms with Gasteiger partial charge in [-0.05, 0) is 25.0 Å². The molecule has 1 heterocycles. The highest BCUT2D eigenvalue weighted by Crippen LogP contribution is 2.17. The predicted molar refractivity (Wildman–Crippen MR) is 78.1 cm³/mol. The number of amides is 2. The minimum absolute atomic E-state index is 0.142. The van der Waals surface area contributed by atoms with Gasteiger partial charge in [0.05, 0.1) is 6.10 Å². The second-order valence-corrected chi connectivity index (χ2v) is 4.60. The minimum atomic E-state index is -0.235. The summed E-state index contributed by atoms with van der Waals surface area (Å²) in [5.41, 5.74) is 0.691. The molecule has 1 aliphatic rings. The molecule has 0 bridgehead atoms. The summed E-state index contributed by atoms with van der Waals surface area (Å²) in [5.74, 6) is 0.696. The Hall–Kier alpha value is -2.01. The molecule has 2 rings (SSSR count). The van der Waals surface area contributed by atoms with E-state index >= 15 is 0 Å². The van der Waals surface area contributed by atoms with Gasteiger partial charge in [-0.3, -0.25) is 0 Å². The Bertz CT molecular complexity index is 456. The van der Waals surface area contributed by atoms with Gasteiger partial charge in [-0.1, -0.05) is 18.7 Å². The fourth-order valence-corrected chi connectivity index (χ4v) is 2.01. The Labute approximate surface area is 119 Å². The molecule has 0 saturated carbocycles. The summed E-state index contributed by atoms with van der Waals surface area (Å²) in [6, 6.07) is 7.01. The first-order valence-electron chi connectivity index (χ1n) is 6.78. The number of nitrogens with one attached hydrogen (secondary N) is 2. The first-order chi connectivity index (χ1) is 9.78. The maximum absolute atomic E-state index is 11.8. The molecular formula is C15H20N2O3. The molecule has 5 heteroatoms. The van der Waals surface area contributed by atoms with Crippen LogP contribution in [-0.2, 0) is 4.74 Å². The largest absolute Gasteiger partial charge is 0.489 e. The Morgan fingerprint density at radius 1 is 1.55 bits per heavy atom. The van der Waals surface area contributed by atoms with Crippen LogP contribution in [-0.4, -0.2) is 31.9 Å². The van der Waals surface area contributed by atoms with Crippen molar-refractivity contribution < 1.29 is 14.3 Å². The molecule has 2 N–H and O–H groups in total. The van der Waals surface area contributed by atoms with Gasteiger partial charge in [-0.25, -0.2) is 4.79 Å². The zero-order chi connectivity index (χ0) is 14.2. The van der Waals surface area contributed by atoms with Crippen LogP contribution in [0.1, 0.15) is 12.8 Å². The lowest BCUT2D eigenvalue weighted by Crippen LogP contribution is -2.35. The van der Waals surface area contributed by atoms with Gasteiger partial charge in [0.25, 0.3) is 0 Å². The van der Waals surface area contributed by atoms with E-state index in [1.165, 1.54) is 0 Å². The topological polar surface area (TPSA) is 59.6 Å². The number of rotatable bonds is 6. The second kappa shape index (κ2) is 7.55. The molecule has 0 aromatic heterocycles. The summed E-state index contributed by atoms with van der Waals surface area (Å²) >= 11 is 0. The van der Waals surface area contributed by atoms with Gasteiger partial charge in [-0.2, -0.15) is 0 Å². The van der Waals surface area contributed by atoms with E-state index in [0.29, 0.717) is 24.6 Å². The zero-order valence-electron chi connectivity index (χ0n) is 11.4. The van der Waals surface area contributed by atoms with Crippen LogP contribution in [0.2, 0.25) is 0 Å². The highest BCUT2D eigenvalue weighted by molar-refractivity contribution is 5.89. The number of hydrogen-bond donors (Lipinski definition) is 2. The van der Waals surface area contributed by atoms with E-state index in [4.69, 9.17) is 9.47 Å². The van der Waals surface area contributed by atoms with Crippen molar-refractivity contribution >= 4 is 11.7 Å². The first kappa shape index (κ1) is 14.4. The molecular weight excluding hydrogens is 256 g/mol.